The summed E-state index contributed by atoms with van der Waals surface area (Å²) >= 11 is 0. The third-order valence-electron chi connectivity index (χ3n) is 3.75. The van der Waals surface area contributed by atoms with E-state index in [1.54, 1.807) is 0 Å². The number of hydrogen-bond donors (Lipinski definition) is 1. The van der Waals surface area contributed by atoms with Crippen molar-refractivity contribution in [3.05, 3.63) is 0 Å². The van der Waals surface area contributed by atoms with Crippen molar-refractivity contribution in [1.29, 1.82) is 0 Å². The Bertz CT molecular complexity index is 186. The first kappa shape index (κ1) is 14.9. The molecule has 1 fully saturated rings. The molecule has 1 aliphatic heterocycles. The molecule has 3 heteroatoms. The van der Waals surface area contributed by atoms with Gasteiger partial charge in [-0.25, -0.2) is 0 Å². The number of unbranched alkanes of at least 4 members (excludes halogenated alkanes) is 1. The first-order valence-electron chi connectivity index (χ1n) is 7.24. The zero-order valence-electron chi connectivity index (χ0n) is 12.0. The van der Waals surface area contributed by atoms with Gasteiger partial charge in [-0.1, -0.05) is 19.8 Å². The van der Waals surface area contributed by atoms with Gasteiger partial charge in [0.1, 0.15) is 0 Å². The van der Waals surface area contributed by atoms with E-state index in [-0.39, 0.29) is 0 Å². The minimum absolute atomic E-state index is 0.389. The van der Waals surface area contributed by atoms with Crippen molar-refractivity contribution in [1.82, 2.24) is 9.80 Å². The molecule has 3 nitrogen and oxygen atoms in total. The van der Waals surface area contributed by atoms with Crippen LogP contribution < -0.4 is 5.73 Å². The molecule has 0 aromatic carbocycles. The van der Waals surface area contributed by atoms with E-state index >= 15 is 0 Å². The first-order chi connectivity index (χ1) is 8.11. The van der Waals surface area contributed by atoms with Crippen molar-refractivity contribution in [2.45, 2.75) is 45.1 Å². The summed E-state index contributed by atoms with van der Waals surface area (Å²) in [6.45, 7) is 7.08. The van der Waals surface area contributed by atoms with Gasteiger partial charge in [-0.15, -0.1) is 0 Å². The van der Waals surface area contributed by atoms with Crippen LogP contribution in [0.2, 0.25) is 0 Å². The van der Waals surface area contributed by atoms with Gasteiger partial charge in [0.2, 0.25) is 0 Å². The van der Waals surface area contributed by atoms with Gasteiger partial charge in [0.15, 0.2) is 0 Å². The summed E-state index contributed by atoms with van der Waals surface area (Å²) < 4.78 is 0. The maximum absolute atomic E-state index is 6.16. The summed E-state index contributed by atoms with van der Waals surface area (Å²) in [6, 6.07) is 0.389. The Morgan fingerprint density at radius 3 is 2.47 bits per heavy atom. The third kappa shape index (κ3) is 6.39. The summed E-state index contributed by atoms with van der Waals surface area (Å²) in [5.74, 6) is 0.896. The fraction of sp³-hybridized carbons (Fsp3) is 1.00. The lowest BCUT2D eigenvalue weighted by Crippen LogP contribution is -2.43. The number of piperidine rings is 1. The molecule has 0 aromatic rings. The highest BCUT2D eigenvalue weighted by molar-refractivity contribution is 4.76. The lowest BCUT2D eigenvalue weighted by molar-refractivity contribution is 0.154. The van der Waals surface area contributed by atoms with Gasteiger partial charge in [-0.05, 0) is 52.4 Å². The normalized spacial score (nSPS) is 21.0. The van der Waals surface area contributed by atoms with Crippen LogP contribution in [0.3, 0.4) is 0 Å². The summed E-state index contributed by atoms with van der Waals surface area (Å²) in [6.07, 6.45) is 6.42. The molecule has 1 rings (SSSR count). The summed E-state index contributed by atoms with van der Waals surface area (Å²) in [4.78, 5) is 4.87. The van der Waals surface area contributed by atoms with Gasteiger partial charge in [0.25, 0.3) is 0 Å². The monoisotopic (exact) mass is 241 g/mol. The van der Waals surface area contributed by atoms with Crippen LogP contribution >= 0.6 is 0 Å². The molecule has 1 unspecified atom stereocenters. The van der Waals surface area contributed by atoms with Crippen molar-refractivity contribution in [3.8, 4) is 0 Å². The maximum atomic E-state index is 6.16. The summed E-state index contributed by atoms with van der Waals surface area (Å²) in [7, 11) is 4.35. The van der Waals surface area contributed by atoms with Gasteiger partial charge >= 0.3 is 0 Å². The van der Waals surface area contributed by atoms with Gasteiger partial charge in [-0.3, -0.25) is 0 Å². The van der Waals surface area contributed by atoms with E-state index in [1.165, 1.54) is 51.7 Å². The van der Waals surface area contributed by atoms with Crippen molar-refractivity contribution >= 4 is 0 Å². The molecule has 102 valence electrons. The van der Waals surface area contributed by atoms with Gasteiger partial charge in [-0.2, -0.15) is 0 Å². The fourth-order valence-corrected chi connectivity index (χ4v) is 2.76. The van der Waals surface area contributed by atoms with Crippen molar-refractivity contribution < 1.29 is 0 Å². The van der Waals surface area contributed by atoms with E-state index in [4.69, 9.17) is 5.73 Å². The lowest BCUT2D eigenvalue weighted by atomic mass is 9.96. The van der Waals surface area contributed by atoms with Crippen LogP contribution in [0.25, 0.3) is 0 Å². The van der Waals surface area contributed by atoms with Crippen LogP contribution in [0.4, 0.5) is 0 Å². The average Bonchev–Trinajstić information content (AvgIpc) is 2.28. The second-order valence-corrected chi connectivity index (χ2v) is 5.91. The molecule has 1 aliphatic rings. The molecule has 0 aliphatic carbocycles. The van der Waals surface area contributed by atoms with E-state index in [9.17, 15) is 0 Å². The molecule has 0 aromatic heterocycles. The van der Waals surface area contributed by atoms with Gasteiger partial charge in [0.05, 0.1) is 0 Å². The largest absolute Gasteiger partial charge is 0.327 e. The fourth-order valence-electron chi connectivity index (χ4n) is 2.76. The number of nitrogens with two attached hydrogens (primary N) is 1. The Morgan fingerprint density at radius 2 is 1.94 bits per heavy atom. The molecule has 17 heavy (non-hydrogen) atoms. The second kappa shape index (κ2) is 8.06. The third-order valence-corrected chi connectivity index (χ3v) is 3.75. The SMILES string of the molecule is CCCCC(N)CN1CCC(CN(C)C)CC1. The highest BCUT2D eigenvalue weighted by Gasteiger charge is 2.20. The van der Waals surface area contributed by atoms with Crippen LogP contribution in [-0.2, 0) is 0 Å². The maximum Gasteiger partial charge on any atom is 0.0167 e. The Balaban J connectivity index is 2.14. The van der Waals surface area contributed by atoms with Crippen LogP contribution in [0.15, 0.2) is 0 Å². The molecule has 0 amide bonds. The highest BCUT2D eigenvalue weighted by Crippen LogP contribution is 2.18. The molecule has 1 saturated heterocycles. The summed E-state index contributed by atoms with van der Waals surface area (Å²) in [5, 5.41) is 0. The van der Waals surface area contributed by atoms with Crippen LogP contribution in [-0.4, -0.2) is 56.1 Å². The predicted molar refractivity (Wildman–Crippen MR) is 75.2 cm³/mol. The molecule has 0 saturated carbocycles. The van der Waals surface area contributed by atoms with Crippen molar-refractivity contribution in [2.75, 3.05) is 40.3 Å². The average molecular weight is 241 g/mol. The van der Waals surface area contributed by atoms with E-state index in [0.717, 1.165) is 12.5 Å². The zero-order chi connectivity index (χ0) is 12.7. The Morgan fingerprint density at radius 1 is 1.29 bits per heavy atom. The number of likely N-dealkylation sites (tertiary alicyclic amines) is 1. The van der Waals surface area contributed by atoms with E-state index in [2.05, 4.69) is 30.8 Å². The summed E-state index contributed by atoms with van der Waals surface area (Å²) in [5.41, 5.74) is 6.16. The van der Waals surface area contributed by atoms with Crippen LogP contribution in [0, 0.1) is 5.92 Å². The smallest absolute Gasteiger partial charge is 0.0167 e. The number of hydrogen-bond acceptors (Lipinski definition) is 3. The second-order valence-electron chi connectivity index (χ2n) is 5.91. The standard InChI is InChI=1S/C14H31N3/c1-4-5-6-14(15)12-17-9-7-13(8-10-17)11-16(2)3/h13-14H,4-12,15H2,1-3H3. The van der Waals surface area contributed by atoms with E-state index in [0.29, 0.717) is 6.04 Å². The molecule has 0 spiro atoms. The minimum atomic E-state index is 0.389. The molecule has 0 bridgehead atoms. The lowest BCUT2D eigenvalue weighted by Gasteiger charge is -2.34. The predicted octanol–water partition coefficient (Wildman–Crippen LogP) is 1.78. The zero-order valence-corrected chi connectivity index (χ0v) is 12.0. The molecule has 0 radical (unpaired) electrons. The Hall–Kier alpha value is -0.120. The Labute approximate surface area is 107 Å². The van der Waals surface area contributed by atoms with Crippen LogP contribution in [0.1, 0.15) is 39.0 Å². The van der Waals surface area contributed by atoms with Crippen LogP contribution in [0.5, 0.6) is 0 Å². The quantitative estimate of drug-likeness (QED) is 0.737. The van der Waals surface area contributed by atoms with Gasteiger partial charge < -0.3 is 15.5 Å². The van der Waals surface area contributed by atoms with E-state index in [1.807, 2.05) is 0 Å². The van der Waals surface area contributed by atoms with Crippen molar-refractivity contribution in [2.24, 2.45) is 11.7 Å². The molecule has 2 N–H and O–H groups in total. The van der Waals surface area contributed by atoms with E-state index < -0.39 is 0 Å². The molecular formula is C14H31N3. The highest BCUT2D eigenvalue weighted by atomic mass is 15.1. The topological polar surface area (TPSA) is 32.5 Å². The molecule has 1 heterocycles. The number of nitrogens with zero attached hydrogens (tertiary/aromatic N) is 2. The molecular weight excluding hydrogens is 210 g/mol. The number of rotatable bonds is 7. The van der Waals surface area contributed by atoms with Crippen molar-refractivity contribution in [3.63, 3.8) is 0 Å². The van der Waals surface area contributed by atoms with Gasteiger partial charge in [0, 0.05) is 19.1 Å². The first-order valence-corrected chi connectivity index (χ1v) is 7.24. The molecule has 1 atom stereocenters. The Kier molecular flexibility index (Phi) is 7.09. The minimum Gasteiger partial charge on any atom is -0.327 e.